The number of furan rings is 1. The maximum atomic E-state index is 12.7. The van der Waals surface area contributed by atoms with Gasteiger partial charge in [0.2, 0.25) is 5.78 Å². The van der Waals surface area contributed by atoms with Gasteiger partial charge in [0, 0.05) is 17.0 Å². The summed E-state index contributed by atoms with van der Waals surface area (Å²) < 4.78 is 12.7. The molecule has 0 fully saturated rings. The quantitative estimate of drug-likeness (QED) is 0.347. The first-order valence-electron chi connectivity index (χ1n) is 9.41. The van der Waals surface area contributed by atoms with Crippen LogP contribution in [0, 0.1) is 13.8 Å². The Hall–Kier alpha value is -3.60. The van der Waals surface area contributed by atoms with Gasteiger partial charge in [-0.1, -0.05) is 30.3 Å². The summed E-state index contributed by atoms with van der Waals surface area (Å²) in [6, 6.07) is 18.7. The second kappa shape index (κ2) is 7.80. The summed E-state index contributed by atoms with van der Waals surface area (Å²) >= 11 is 0. The molecule has 2 aromatic carbocycles. The Morgan fingerprint density at radius 1 is 0.966 bits per heavy atom. The van der Waals surface area contributed by atoms with Crippen molar-refractivity contribution >= 4 is 22.5 Å². The number of Topliss-reactive ketones (excluding diaryl/α,β-unsaturated/α-hetero) is 1. The lowest BCUT2D eigenvalue weighted by Gasteiger charge is -2.08. The Labute approximate surface area is 168 Å². The summed E-state index contributed by atoms with van der Waals surface area (Å²) in [5, 5.41) is 2.00. The highest BCUT2D eigenvalue weighted by molar-refractivity contribution is 6.01. The molecule has 0 aliphatic rings. The Balaban J connectivity index is 1.45. The first-order valence-corrected chi connectivity index (χ1v) is 9.41. The molecule has 0 spiro atoms. The number of ether oxygens (including phenoxy) is 1. The van der Waals surface area contributed by atoms with E-state index in [4.69, 9.17) is 9.15 Å². The molecule has 0 saturated carbocycles. The number of carbonyl (C=O) groups excluding carboxylic acids is 2. The molecule has 2 heterocycles. The second-order valence-electron chi connectivity index (χ2n) is 7.01. The van der Waals surface area contributed by atoms with Crippen molar-refractivity contribution in [3.63, 3.8) is 0 Å². The van der Waals surface area contributed by atoms with E-state index in [2.05, 4.69) is 0 Å². The zero-order valence-corrected chi connectivity index (χ0v) is 16.3. The lowest BCUT2D eigenvalue weighted by atomic mass is 10.1. The van der Waals surface area contributed by atoms with Gasteiger partial charge in [-0.15, -0.1) is 0 Å². The van der Waals surface area contributed by atoms with Crippen LogP contribution in [0.1, 0.15) is 37.9 Å². The highest BCUT2D eigenvalue weighted by Gasteiger charge is 2.18. The Bertz CT molecular complexity index is 1190. The minimum Gasteiger partial charge on any atom is -0.467 e. The maximum Gasteiger partial charge on any atom is 0.338 e. The van der Waals surface area contributed by atoms with Crippen molar-refractivity contribution in [2.75, 3.05) is 6.61 Å². The fraction of sp³-hybridized carbons (Fsp3) is 0.167. The topological polar surface area (TPSA) is 61.4 Å². The lowest BCUT2D eigenvalue weighted by molar-refractivity contribution is 0.0474. The van der Waals surface area contributed by atoms with Crippen molar-refractivity contribution in [2.24, 2.45) is 0 Å². The van der Waals surface area contributed by atoms with Crippen LogP contribution in [0.2, 0.25) is 0 Å². The summed E-state index contributed by atoms with van der Waals surface area (Å²) in [5.41, 5.74) is 2.76. The van der Waals surface area contributed by atoms with Crippen molar-refractivity contribution in [3.8, 4) is 0 Å². The van der Waals surface area contributed by atoms with Gasteiger partial charge in [0.15, 0.2) is 6.61 Å². The smallest absolute Gasteiger partial charge is 0.338 e. The molecule has 29 heavy (non-hydrogen) atoms. The summed E-state index contributed by atoms with van der Waals surface area (Å²) in [6.45, 7) is 4.08. The Kier molecular flexibility index (Phi) is 5.04. The number of carbonyl (C=O) groups is 2. The molecule has 5 heteroatoms. The third-order valence-electron chi connectivity index (χ3n) is 5.09. The number of nitrogens with zero attached hydrogens (tertiary/aromatic N) is 1. The van der Waals surface area contributed by atoms with Crippen LogP contribution in [0.25, 0.3) is 10.8 Å². The zero-order chi connectivity index (χ0) is 20.4. The van der Waals surface area contributed by atoms with E-state index in [1.54, 1.807) is 18.4 Å². The van der Waals surface area contributed by atoms with Crippen molar-refractivity contribution in [3.05, 3.63) is 95.2 Å². The van der Waals surface area contributed by atoms with Gasteiger partial charge in [-0.2, -0.15) is 0 Å². The molecule has 146 valence electrons. The average Bonchev–Trinajstić information content (AvgIpc) is 3.35. The van der Waals surface area contributed by atoms with Crippen LogP contribution in [0.4, 0.5) is 0 Å². The van der Waals surface area contributed by atoms with Crippen molar-refractivity contribution < 1.29 is 18.7 Å². The van der Waals surface area contributed by atoms with Gasteiger partial charge in [0.05, 0.1) is 18.4 Å². The van der Waals surface area contributed by atoms with E-state index in [1.807, 2.05) is 66.9 Å². The van der Waals surface area contributed by atoms with Gasteiger partial charge in [-0.25, -0.2) is 4.79 Å². The molecule has 0 aliphatic carbocycles. The lowest BCUT2D eigenvalue weighted by Crippen LogP contribution is -2.15. The monoisotopic (exact) mass is 387 g/mol. The standard InChI is InChI=1S/C24H21NO4/c1-16-12-22(17(2)25(16)14-21-8-5-11-28-21)23(26)15-29-24(27)20-10-9-18-6-3-4-7-19(18)13-20/h3-13H,14-15H2,1-2H3. The average molecular weight is 387 g/mol. The molecule has 0 aliphatic heterocycles. The van der Waals surface area contributed by atoms with Crippen LogP contribution >= 0.6 is 0 Å². The van der Waals surface area contributed by atoms with Gasteiger partial charge in [-0.3, -0.25) is 4.79 Å². The maximum absolute atomic E-state index is 12.7. The van der Waals surface area contributed by atoms with E-state index in [0.717, 1.165) is 27.9 Å². The van der Waals surface area contributed by atoms with Crippen molar-refractivity contribution in [2.45, 2.75) is 20.4 Å². The van der Waals surface area contributed by atoms with E-state index in [9.17, 15) is 9.59 Å². The van der Waals surface area contributed by atoms with Crippen molar-refractivity contribution in [1.29, 1.82) is 0 Å². The van der Waals surface area contributed by atoms with Gasteiger partial charge >= 0.3 is 5.97 Å². The molecule has 0 N–H and O–H groups in total. The molecule has 0 amide bonds. The molecule has 2 aromatic heterocycles. The van der Waals surface area contributed by atoms with Crippen LogP contribution in [0.3, 0.4) is 0 Å². The van der Waals surface area contributed by atoms with Gasteiger partial charge in [-0.05, 0) is 55.0 Å². The molecular weight excluding hydrogens is 366 g/mol. The number of aryl methyl sites for hydroxylation is 1. The molecule has 5 nitrogen and oxygen atoms in total. The fourth-order valence-corrected chi connectivity index (χ4v) is 3.49. The highest BCUT2D eigenvalue weighted by Crippen LogP contribution is 2.19. The van der Waals surface area contributed by atoms with Gasteiger partial charge in [0.25, 0.3) is 0 Å². The summed E-state index contributed by atoms with van der Waals surface area (Å²) in [4.78, 5) is 25.1. The predicted molar refractivity (Wildman–Crippen MR) is 110 cm³/mol. The minimum absolute atomic E-state index is 0.224. The van der Waals surface area contributed by atoms with E-state index in [1.165, 1.54) is 0 Å². The van der Waals surface area contributed by atoms with Crippen molar-refractivity contribution in [1.82, 2.24) is 4.57 Å². The predicted octanol–water partition coefficient (Wildman–Crippen LogP) is 4.94. The molecule has 0 bridgehead atoms. The second-order valence-corrected chi connectivity index (χ2v) is 7.01. The summed E-state index contributed by atoms with van der Waals surface area (Å²) in [5.74, 6) is 0.0833. The van der Waals surface area contributed by atoms with Crippen LogP contribution < -0.4 is 0 Å². The molecule has 0 unspecified atom stereocenters. The third-order valence-corrected chi connectivity index (χ3v) is 5.09. The molecule has 4 aromatic rings. The highest BCUT2D eigenvalue weighted by atomic mass is 16.5. The van der Waals surface area contributed by atoms with E-state index in [-0.39, 0.29) is 12.4 Å². The molecule has 4 rings (SSSR count). The number of hydrogen-bond donors (Lipinski definition) is 0. The van der Waals surface area contributed by atoms with Crippen LogP contribution in [-0.2, 0) is 11.3 Å². The van der Waals surface area contributed by atoms with Crippen LogP contribution in [-0.4, -0.2) is 22.9 Å². The Morgan fingerprint density at radius 3 is 2.52 bits per heavy atom. The molecule has 0 saturated heterocycles. The van der Waals surface area contributed by atoms with Crippen LogP contribution in [0.15, 0.2) is 71.3 Å². The summed E-state index contributed by atoms with van der Waals surface area (Å²) in [6.07, 6.45) is 1.63. The Morgan fingerprint density at radius 2 is 1.76 bits per heavy atom. The number of hydrogen-bond acceptors (Lipinski definition) is 4. The molecular formula is C24H21NO4. The number of ketones is 1. The fourth-order valence-electron chi connectivity index (χ4n) is 3.49. The number of rotatable bonds is 6. The van der Waals surface area contributed by atoms with E-state index in [0.29, 0.717) is 17.7 Å². The zero-order valence-electron chi connectivity index (χ0n) is 16.3. The SMILES string of the molecule is Cc1cc(C(=O)COC(=O)c2ccc3ccccc3c2)c(C)n1Cc1ccco1. The molecule has 0 atom stereocenters. The van der Waals surface area contributed by atoms with Gasteiger partial charge < -0.3 is 13.7 Å². The van der Waals surface area contributed by atoms with E-state index >= 15 is 0 Å². The third kappa shape index (κ3) is 3.85. The number of fused-ring (bicyclic) bond motifs is 1. The van der Waals surface area contributed by atoms with Gasteiger partial charge in [0.1, 0.15) is 5.76 Å². The van der Waals surface area contributed by atoms with E-state index < -0.39 is 5.97 Å². The molecule has 0 radical (unpaired) electrons. The summed E-state index contributed by atoms with van der Waals surface area (Å²) in [7, 11) is 0. The number of benzene rings is 2. The number of esters is 1. The minimum atomic E-state index is -0.506. The van der Waals surface area contributed by atoms with Crippen LogP contribution in [0.5, 0.6) is 0 Å². The normalized spacial score (nSPS) is 11.0. The largest absolute Gasteiger partial charge is 0.467 e. The first-order chi connectivity index (χ1) is 14.0. The first kappa shape index (κ1) is 18.7. The number of aromatic nitrogens is 1.